The Morgan fingerprint density at radius 3 is 1.22 bits per heavy atom. The van der Waals surface area contributed by atoms with Crippen LogP contribution in [-0.2, 0) is 23.7 Å². The van der Waals surface area contributed by atoms with E-state index in [-0.39, 0.29) is 18.9 Å². The van der Waals surface area contributed by atoms with E-state index in [9.17, 15) is 45.6 Å². The molecule has 14 nitrogen and oxygen atoms in total. The molecule has 14 heteroatoms. The van der Waals surface area contributed by atoms with Crippen LogP contribution in [0.15, 0.2) is 24.3 Å². The molecule has 2 heterocycles. The number of carbonyl (C=O) groups is 1. The Balaban J connectivity index is 1.48. The van der Waals surface area contributed by atoms with E-state index >= 15 is 0 Å². The molecule has 0 aromatic rings. The van der Waals surface area contributed by atoms with Gasteiger partial charge in [-0.3, -0.25) is 4.79 Å². The molecule has 2 saturated heterocycles. The van der Waals surface area contributed by atoms with E-state index in [2.05, 4.69) is 31.3 Å². The standard InChI is InChI=1S/C65H123NO13/c1-3-5-7-9-11-12-13-14-15-16-17-18-19-20-21-22-23-24-25-26-27-28-29-30-31-32-33-34-35-36-37-38-39-40-41-43-45-47-49-57(70)66-53(54(69)48-46-44-42-10-8-6-4-2)52-76-64-62(75)60(73)63(56(51-68)78-64)79-65-61(74)59(72)58(71)55(50-67)77-65/h8,10,46,48,53-56,58-65,67-69,71-75H,3-7,9,11-45,47,49-52H2,1-2H3,(H,66,70)/b10-8+,48-46+. The summed E-state index contributed by atoms with van der Waals surface area (Å²) in [5, 5.41) is 86.6. The topological polar surface area (TPSA) is 228 Å². The van der Waals surface area contributed by atoms with Gasteiger partial charge < -0.3 is 65.1 Å². The van der Waals surface area contributed by atoms with Gasteiger partial charge >= 0.3 is 0 Å². The maximum Gasteiger partial charge on any atom is 0.220 e. The highest BCUT2D eigenvalue weighted by atomic mass is 16.7. The number of ether oxygens (including phenoxy) is 4. The van der Waals surface area contributed by atoms with Gasteiger partial charge in [0.2, 0.25) is 5.91 Å². The molecule has 0 aromatic heterocycles. The molecule has 2 aliphatic rings. The number of aliphatic hydroxyl groups excluding tert-OH is 8. The molecule has 0 saturated carbocycles. The number of hydrogen-bond acceptors (Lipinski definition) is 13. The van der Waals surface area contributed by atoms with Gasteiger partial charge in [0, 0.05) is 6.42 Å². The number of aliphatic hydroxyl groups is 8. The molecule has 79 heavy (non-hydrogen) atoms. The molecule has 2 aliphatic heterocycles. The Bertz CT molecular complexity index is 1420. The molecule has 0 aliphatic carbocycles. The van der Waals surface area contributed by atoms with Crippen molar-refractivity contribution >= 4 is 5.91 Å². The first kappa shape index (κ1) is 73.6. The van der Waals surface area contributed by atoms with Gasteiger partial charge in [0.15, 0.2) is 12.6 Å². The van der Waals surface area contributed by atoms with Gasteiger partial charge in [0.1, 0.15) is 48.8 Å². The van der Waals surface area contributed by atoms with Crippen molar-refractivity contribution in [2.75, 3.05) is 19.8 Å². The van der Waals surface area contributed by atoms with Crippen LogP contribution in [0, 0.1) is 0 Å². The highest BCUT2D eigenvalue weighted by Crippen LogP contribution is 2.30. The molecular weight excluding hydrogens is 1000 g/mol. The molecule has 12 atom stereocenters. The van der Waals surface area contributed by atoms with Gasteiger partial charge in [0.25, 0.3) is 0 Å². The average molecular weight is 1130 g/mol. The molecule has 9 N–H and O–H groups in total. The lowest BCUT2D eigenvalue weighted by molar-refractivity contribution is -0.359. The van der Waals surface area contributed by atoms with Crippen molar-refractivity contribution in [3.05, 3.63) is 24.3 Å². The summed E-state index contributed by atoms with van der Waals surface area (Å²) in [5.74, 6) is -0.249. The minimum absolute atomic E-state index is 0.249. The second-order valence-electron chi connectivity index (χ2n) is 23.6. The van der Waals surface area contributed by atoms with Gasteiger partial charge in [0.05, 0.1) is 32.0 Å². The van der Waals surface area contributed by atoms with E-state index in [0.29, 0.717) is 12.8 Å². The predicted octanol–water partition coefficient (Wildman–Crippen LogP) is 12.4. The Labute approximate surface area is 481 Å². The molecule has 0 radical (unpaired) electrons. The van der Waals surface area contributed by atoms with Crippen molar-refractivity contribution in [3.63, 3.8) is 0 Å². The number of rotatable bonds is 54. The predicted molar refractivity (Wildman–Crippen MR) is 318 cm³/mol. The second-order valence-corrected chi connectivity index (χ2v) is 23.6. The van der Waals surface area contributed by atoms with Crippen LogP contribution in [-0.4, -0.2) is 140 Å². The summed E-state index contributed by atoms with van der Waals surface area (Å²) in [5.41, 5.74) is 0. The van der Waals surface area contributed by atoms with E-state index < -0.39 is 86.8 Å². The van der Waals surface area contributed by atoms with Gasteiger partial charge in [-0.15, -0.1) is 0 Å². The lowest BCUT2D eigenvalue weighted by Crippen LogP contribution is -2.65. The Morgan fingerprint density at radius 2 is 0.810 bits per heavy atom. The Kier molecular flexibility index (Phi) is 47.4. The molecule has 0 aromatic carbocycles. The van der Waals surface area contributed by atoms with Crippen LogP contribution in [0.2, 0.25) is 0 Å². The molecule has 0 bridgehead atoms. The van der Waals surface area contributed by atoms with Crippen molar-refractivity contribution in [1.82, 2.24) is 5.32 Å². The number of allylic oxidation sites excluding steroid dienone is 3. The summed E-state index contributed by atoms with van der Waals surface area (Å²) >= 11 is 0. The zero-order valence-corrected chi connectivity index (χ0v) is 50.4. The Morgan fingerprint density at radius 1 is 0.443 bits per heavy atom. The molecule has 2 fully saturated rings. The highest BCUT2D eigenvalue weighted by molar-refractivity contribution is 5.76. The normalized spacial score (nSPS) is 24.5. The van der Waals surface area contributed by atoms with Gasteiger partial charge in [-0.1, -0.05) is 282 Å². The summed E-state index contributed by atoms with van der Waals surface area (Å²) in [6, 6.07) is -0.925. The van der Waals surface area contributed by atoms with Crippen LogP contribution in [0.25, 0.3) is 0 Å². The average Bonchev–Trinajstić information content (AvgIpc) is 3.48. The molecule has 466 valence electrons. The number of amides is 1. The zero-order chi connectivity index (χ0) is 57.4. The lowest BCUT2D eigenvalue weighted by atomic mass is 9.97. The monoisotopic (exact) mass is 1130 g/mol. The zero-order valence-electron chi connectivity index (χ0n) is 50.4. The van der Waals surface area contributed by atoms with Gasteiger partial charge in [-0.2, -0.15) is 0 Å². The van der Waals surface area contributed by atoms with E-state index in [1.165, 1.54) is 218 Å². The summed E-state index contributed by atoms with van der Waals surface area (Å²) in [6.07, 6.45) is 46.2. The van der Waals surface area contributed by atoms with E-state index in [1.807, 2.05) is 6.08 Å². The summed E-state index contributed by atoms with van der Waals surface area (Å²) in [7, 11) is 0. The number of unbranched alkanes of at least 4 members (excludes halogenated alkanes) is 39. The van der Waals surface area contributed by atoms with E-state index in [0.717, 1.165) is 38.5 Å². The number of carbonyl (C=O) groups excluding carboxylic acids is 1. The van der Waals surface area contributed by atoms with Crippen molar-refractivity contribution < 1.29 is 64.6 Å². The fourth-order valence-electron chi connectivity index (χ4n) is 11.1. The van der Waals surface area contributed by atoms with Crippen LogP contribution in [0.5, 0.6) is 0 Å². The smallest absolute Gasteiger partial charge is 0.220 e. The largest absolute Gasteiger partial charge is 0.394 e. The maximum absolute atomic E-state index is 13.2. The SMILES string of the molecule is CCC/C=C/CC/C=C/C(O)C(COC1OC(CO)C(OC2OC(CO)C(O)C(O)C2O)C(O)C1O)NC(=O)CCCCCCCCCCCCCCCCCCCCCCCCCCCCCCCCCCCCCCCC. The van der Waals surface area contributed by atoms with E-state index in [1.54, 1.807) is 6.08 Å². The first-order valence-electron chi connectivity index (χ1n) is 33.1. The number of nitrogens with one attached hydrogen (secondary N) is 1. The summed E-state index contributed by atoms with van der Waals surface area (Å²) < 4.78 is 22.7. The lowest BCUT2D eigenvalue weighted by Gasteiger charge is -2.46. The molecule has 2 rings (SSSR count). The number of hydrogen-bond donors (Lipinski definition) is 9. The third-order valence-electron chi connectivity index (χ3n) is 16.4. The first-order chi connectivity index (χ1) is 38.6. The second kappa shape index (κ2) is 50.9. The van der Waals surface area contributed by atoms with E-state index in [4.69, 9.17) is 18.9 Å². The van der Waals surface area contributed by atoms with Crippen LogP contribution < -0.4 is 5.32 Å². The molecule has 1 amide bonds. The fraction of sp³-hybridized carbons (Fsp3) is 0.923. The third kappa shape index (κ3) is 36.0. The van der Waals surface area contributed by atoms with Crippen molar-refractivity contribution in [2.45, 2.75) is 364 Å². The molecular formula is C65H123NO13. The Hall–Kier alpha value is -1.53. The maximum atomic E-state index is 13.2. The third-order valence-corrected chi connectivity index (χ3v) is 16.4. The summed E-state index contributed by atoms with van der Waals surface area (Å²) in [6.45, 7) is 2.68. The minimum atomic E-state index is -1.79. The van der Waals surface area contributed by atoms with Crippen LogP contribution in [0.1, 0.15) is 290 Å². The first-order valence-corrected chi connectivity index (χ1v) is 33.1. The highest BCUT2D eigenvalue weighted by Gasteiger charge is 2.51. The fourth-order valence-corrected chi connectivity index (χ4v) is 11.1. The van der Waals surface area contributed by atoms with Crippen molar-refractivity contribution in [3.8, 4) is 0 Å². The van der Waals surface area contributed by atoms with Crippen molar-refractivity contribution in [1.29, 1.82) is 0 Å². The van der Waals surface area contributed by atoms with Crippen LogP contribution in [0.4, 0.5) is 0 Å². The van der Waals surface area contributed by atoms with Crippen molar-refractivity contribution in [2.24, 2.45) is 0 Å². The van der Waals surface area contributed by atoms with Gasteiger partial charge in [-0.05, 0) is 25.7 Å². The van der Waals surface area contributed by atoms with Crippen LogP contribution >= 0.6 is 0 Å². The minimum Gasteiger partial charge on any atom is -0.394 e. The molecule has 12 unspecified atom stereocenters. The summed E-state index contributed by atoms with van der Waals surface area (Å²) in [4.78, 5) is 13.2. The quantitative estimate of drug-likeness (QED) is 0.0204. The molecule has 0 spiro atoms. The van der Waals surface area contributed by atoms with Crippen LogP contribution in [0.3, 0.4) is 0 Å². The van der Waals surface area contributed by atoms with Gasteiger partial charge in [-0.25, -0.2) is 0 Å².